The predicted octanol–water partition coefficient (Wildman–Crippen LogP) is 3.71. The van der Waals surface area contributed by atoms with Gasteiger partial charge in [0.2, 0.25) is 0 Å². The Morgan fingerprint density at radius 1 is 1.31 bits per heavy atom. The third kappa shape index (κ3) is 5.34. The van der Waals surface area contributed by atoms with Gasteiger partial charge in [-0.3, -0.25) is 4.79 Å². The second-order valence-corrected chi connectivity index (χ2v) is 4.68. The lowest BCUT2D eigenvalue weighted by Gasteiger charge is -1.96. The van der Waals surface area contributed by atoms with Crippen molar-refractivity contribution in [2.24, 2.45) is 11.8 Å². The van der Waals surface area contributed by atoms with Gasteiger partial charge < -0.3 is 4.74 Å². The molecule has 0 aromatic heterocycles. The van der Waals surface area contributed by atoms with Gasteiger partial charge in [0.05, 0.1) is 7.11 Å². The first-order valence-corrected chi connectivity index (χ1v) is 6.49. The number of methoxy groups -OCH3 is 1. The molecule has 0 bridgehead atoms. The second kappa shape index (κ2) is 7.48. The normalized spacial score (nSPS) is 23.6. The van der Waals surface area contributed by atoms with Crippen molar-refractivity contribution in [3.8, 4) is 0 Å². The standard InChI is InChI=1S/C14H24O2/c1-3-12-11-13(12)9-7-5-4-6-8-10-14(15)16-2/h4-5,12-13H,3,6-11H2,1-2H3/b5-4-/t12-,13-/m0/s1. The van der Waals surface area contributed by atoms with Crippen molar-refractivity contribution < 1.29 is 9.53 Å². The summed E-state index contributed by atoms with van der Waals surface area (Å²) in [5, 5.41) is 0. The Morgan fingerprint density at radius 3 is 2.69 bits per heavy atom. The van der Waals surface area contributed by atoms with Gasteiger partial charge in [-0.15, -0.1) is 0 Å². The minimum atomic E-state index is -0.0998. The van der Waals surface area contributed by atoms with E-state index in [1.54, 1.807) is 0 Å². The van der Waals surface area contributed by atoms with Crippen LogP contribution in [0, 0.1) is 11.8 Å². The Kier molecular flexibility index (Phi) is 6.20. The fraction of sp³-hybridized carbons (Fsp3) is 0.786. The van der Waals surface area contributed by atoms with Crippen LogP contribution in [0.25, 0.3) is 0 Å². The molecule has 92 valence electrons. The molecule has 0 heterocycles. The Bertz CT molecular complexity index is 233. The zero-order valence-electron chi connectivity index (χ0n) is 10.6. The number of esters is 1. The molecule has 0 amide bonds. The summed E-state index contributed by atoms with van der Waals surface area (Å²) in [6, 6.07) is 0. The maximum atomic E-state index is 10.8. The van der Waals surface area contributed by atoms with E-state index >= 15 is 0 Å². The molecule has 2 nitrogen and oxygen atoms in total. The molecule has 1 rings (SSSR count). The zero-order valence-corrected chi connectivity index (χ0v) is 10.6. The van der Waals surface area contributed by atoms with E-state index in [4.69, 9.17) is 0 Å². The van der Waals surface area contributed by atoms with E-state index in [-0.39, 0.29) is 5.97 Å². The fourth-order valence-electron chi connectivity index (χ4n) is 2.18. The smallest absolute Gasteiger partial charge is 0.305 e. The lowest BCUT2D eigenvalue weighted by Crippen LogP contribution is -1.98. The Hall–Kier alpha value is -0.790. The molecular weight excluding hydrogens is 200 g/mol. The molecule has 0 unspecified atom stereocenters. The summed E-state index contributed by atoms with van der Waals surface area (Å²) in [7, 11) is 1.44. The van der Waals surface area contributed by atoms with Crippen molar-refractivity contribution in [3.05, 3.63) is 12.2 Å². The highest BCUT2D eigenvalue weighted by Gasteiger charge is 2.33. The summed E-state index contributed by atoms with van der Waals surface area (Å²) in [5.74, 6) is 1.93. The number of rotatable bonds is 8. The molecule has 0 spiro atoms. The fourth-order valence-corrected chi connectivity index (χ4v) is 2.18. The highest BCUT2D eigenvalue weighted by Crippen LogP contribution is 2.44. The van der Waals surface area contributed by atoms with Crippen LogP contribution in [0.4, 0.5) is 0 Å². The summed E-state index contributed by atoms with van der Waals surface area (Å²) in [5.41, 5.74) is 0. The minimum Gasteiger partial charge on any atom is -0.469 e. The molecule has 0 radical (unpaired) electrons. The van der Waals surface area contributed by atoms with E-state index in [9.17, 15) is 4.79 Å². The van der Waals surface area contributed by atoms with Gasteiger partial charge in [0, 0.05) is 6.42 Å². The highest BCUT2D eigenvalue weighted by molar-refractivity contribution is 5.68. The zero-order chi connectivity index (χ0) is 11.8. The van der Waals surface area contributed by atoms with E-state index in [1.807, 2.05) is 0 Å². The Morgan fingerprint density at radius 2 is 2.06 bits per heavy atom. The van der Waals surface area contributed by atoms with Gasteiger partial charge in [-0.1, -0.05) is 25.5 Å². The van der Waals surface area contributed by atoms with Crippen LogP contribution < -0.4 is 0 Å². The molecule has 1 aliphatic carbocycles. The van der Waals surface area contributed by atoms with Crippen molar-refractivity contribution >= 4 is 5.97 Å². The van der Waals surface area contributed by atoms with Gasteiger partial charge in [0.25, 0.3) is 0 Å². The molecule has 16 heavy (non-hydrogen) atoms. The molecule has 0 N–H and O–H groups in total. The number of hydrogen-bond donors (Lipinski definition) is 0. The maximum Gasteiger partial charge on any atom is 0.305 e. The first-order chi connectivity index (χ1) is 7.77. The summed E-state index contributed by atoms with van der Waals surface area (Å²) in [4.78, 5) is 10.8. The summed E-state index contributed by atoms with van der Waals surface area (Å²) >= 11 is 0. The number of ether oxygens (including phenoxy) is 1. The number of unbranched alkanes of at least 4 members (excludes halogenated alkanes) is 1. The summed E-state index contributed by atoms with van der Waals surface area (Å²) in [6.07, 6.45) is 12.3. The largest absolute Gasteiger partial charge is 0.469 e. The summed E-state index contributed by atoms with van der Waals surface area (Å²) in [6.45, 7) is 2.29. The Labute approximate surface area is 99.1 Å². The minimum absolute atomic E-state index is 0.0998. The van der Waals surface area contributed by atoms with E-state index < -0.39 is 0 Å². The summed E-state index contributed by atoms with van der Waals surface area (Å²) < 4.78 is 4.58. The van der Waals surface area contributed by atoms with Gasteiger partial charge in [-0.2, -0.15) is 0 Å². The number of allylic oxidation sites excluding steroid dienone is 2. The van der Waals surface area contributed by atoms with Crippen LogP contribution in [0.1, 0.15) is 51.9 Å². The molecule has 0 aromatic rings. The van der Waals surface area contributed by atoms with Crippen LogP contribution in [-0.2, 0) is 9.53 Å². The number of carbonyl (C=O) groups excluding carboxylic acids is 1. The molecule has 2 heteroatoms. The van der Waals surface area contributed by atoms with Crippen LogP contribution >= 0.6 is 0 Å². The van der Waals surface area contributed by atoms with Crippen LogP contribution in [0.15, 0.2) is 12.2 Å². The Balaban J connectivity index is 1.88. The molecule has 0 aromatic carbocycles. The second-order valence-electron chi connectivity index (χ2n) is 4.68. The van der Waals surface area contributed by atoms with Crippen LogP contribution in [-0.4, -0.2) is 13.1 Å². The monoisotopic (exact) mass is 224 g/mol. The molecular formula is C14H24O2. The molecule has 1 fully saturated rings. The topological polar surface area (TPSA) is 26.3 Å². The average molecular weight is 224 g/mol. The average Bonchev–Trinajstić information content (AvgIpc) is 3.06. The van der Waals surface area contributed by atoms with Crippen LogP contribution in [0.5, 0.6) is 0 Å². The van der Waals surface area contributed by atoms with Gasteiger partial charge >= 0.3 is 5.97 Å². The molecule has 2 atom stereocenters. The van der Waals surface area contributed by atoms with Crippen LogP contribution in [0.2, 0.25) is 0 Å². The third-order valence-electron chi connectivity index (χ3n) is 3.44. The molecule has 1 aliphatic rings. The van der Waals surface area contributed by atoms with Crippen molar-refractivity contribution in [1.82, 2.24) is 0 Å². The van der Waals surface area contributed by atoms with E-state index in [0.29, 0.717) is 6.42 Å². The first-order valence-electron chi connectivity index (χ1n) is 6.49. The third-order valence-corrected chi connectivity index (χ3v) is 3.44. The van der Waals surface area contributed by atoms with Crippen molar-refractivity contribution in [2.75, 3.05) is 7.11 Å². The van der Waals surface area contributed by atoms with Gasteiger partial charge in [-0.05, 0) is 43.9 Å². The van der Waals surface area contributed by atoms with Crippen LogP contribution in [0.3, 0.4) is 0 Å². The van der Waals surface area contributed by atoms with E-state index in [0.717, 1.165) is 24.7 Å². The van der Waals surface area contributed by atoms with Gasteiger partial charge in [0.15, 0.2) is 0 Å². The van der Waals surface area contributed by atoms with E-state index in [2.05, 4.69) is 23.8 Å². The van der Waals surface area contributed by atoms with E-state index in [1.165, 1.54) is 32.8 Å². The number of carbonyl (C=O) groups is 1. The van der Waals surface area contributed by atoms with Gasteiger partial charge in [-0.25, -0.2) is 0 Å². The van der Waals surface area contributed by atoms with Crippen molar-refractivity contribution in [1.29, 1.82) is 0 Å². The first kappa shape index (κ1) is 13.3. The molecule has 0 aliphatic heterocycles. The van der Waals surface area contributed by atoms with Crippen molar-refractivity contribution in [3.63, 3.8) is 0 Å². The predicted molar refractivity (Wildman–Crippen MR) is 66.1 cm³/mol. The molecule has 1 saturated carbocycles. The number of hydrogen-bond acceptors (Lipinski definition) is 2. The SMILES string of the molecule is CC[C@H]1C[C@@H]1CC/C=C\CCCC(=O)OC. The lowest BCUT2D eigenvalue weighted by molar-refractivity contribution is -0.140. The molecule has 0 saturated heterocycles. The maximum absolute atomic E-state index is 10.8. The highest BCUT2D eigenvalue weighted by atomic mass is 16.5. The van der Waals surface area contributed by atoms with Gasteiger partial charge in [0.1, 0.15) is 0 Å². The van der Waals surface area contributed by atoms with Crippen molar-refractivity contribution in [2.45, 2.75) is 51.9 Å². The lowest BCUT2D eigenvalue weighted by atomic mass is 10.1. The quantitative estimate of drug-likeness (QED) is 0.357.